The maximum atomic E-state index is 12.3. The van der Waals surface area contributed by atoms with E-state index in [-0.39, 0.29) is 23.2 Å². The molecule has 0 aliphatic heterocycles. The van der Waals surface area contributed by atoms with Crippen LogP contribution in [0.15, 0.2) is 36.4 Å². The Balaban J connectivity index is 0.00000200. The van der Waals surface area contributed by atoms with Crippen molar-refractivity contribution in [3.63, 3.8) is 0 Å². The van der Waals surface area contributed by atoms with Crippen molar-refractivity contribution in [2.75, 3.05) is 0 Å². The molecular weight excluding hydrogens is 274 g/mol. The van der Waals surface area contributed by atoms with Gasteiger partial charge in [0.15, 0.2) is 0 Å². The fraction of sp³-hybridized carbons (Fsp3) is 0.200. The predicted octanol–water partition coefficient (Wildman–Crippen LogP) is -0.792. The molecule has 1 aromatic heterocycles. The Labute approximate surface area is 122 Å². The summed E-state index contributed by atoms with van der Waals surface area (Å²) in [5, 5.41) is 10.6. The van der Waals surface area contributed by atoms with Gasteiger partial charge in [0.25, 0.3) is 0 Å². The number of carbonyl (C=O) groups is 2. The van der Waals surface area contributed by atoms with Gasteiger partial charge in [-0.15, -0.1) is 0 Å². The smallest absolute Gasteiger partial charge is 0.209 e. The Hall–Kier alpha value is -2.44. The highest BCUT2D eigenvalue weighted by molar-refractivity contribution is 6.08. The van der Waals surface area contributed by atoms with E-state index in [1.165, 1.54) is 0 Å². The van der Waals surface area contributed by atoms with E-state index in [1.54, 1.807) is 35.9 Å². The molecule has 0 unspecified atom stereocenters. The van der Waals surface area contributed by atoms with Crippen molar-refractivity contribution < 1.29 is 25.6 Å². The molecule has 0 bridgehead atoms. The van der Waals surface area contributed by atoms with Crippen molar-refractivity contribution in [1.29, 1.82) is 0 Å². The number of aliphatic carboxylic acids is 1. The molecule has 0 aliphatic carbocycles. The number of carboxylic acid groups (broad SMARTS) is 1. The van der Waals surface area contributed by atoms with Crippen LogP contribution in [0.4, 0.5) is 0 Å². The van der Waals surface area contributed by atoms with Crippen LogP contribution in [0.3, 0.4) is 0 Å². The molecule has 6 heteroatoms. The van der Waals surface area contributed by atoms with Crippen LogP contribution in [0, 0.1) is 6.92 Å². The number of hydrogen-bond donors (Lipinski definition) is 0. The van der Waals surface area contributed by atoms with Gasteiger partial charge in [-0.25, -0.2) is 0 Å². The minimum absolute atomic E-state index is 0. The summed E-state index contributed by atoms with van der Waals surface area (Å²) in [6.07, 6.45) is -0.197. The fourth-order valence-corrected chi connectivity index (χ4v) is 1.96. The van der Waals surface area contributed by atoms with Crippen molar-refractivity contribution in [2.24, 2.45) is 7.05 Å². The molecule has 1 aromatic carbocycles. The second-order valence-electron chi connectivity index (χ2n) is 4.51. The lowest BCUT2D eigenvalue weighted by Crippen LogP contribution is -2.25. The lowest BCUT2D eigenvalue weighted by Gasteiger charge is -2.08. The summed E-state index contributed by atoms with van der Waals surface area (Å²) in [7, 11) is 1.68. The first-order chi connectivity index (χ1) is 8.99. The molecule has 4 N–H and O–H groups in total. The minimum Gasteiger partial charge on any atom is -0.550 e. The van der Waals surface area contributed by atoms with E-state index < -0.39 is 5.97 Å². The van der Waals surface area contributed by atoms with Crippen molar-refractivity contribution >= 4 is 11.8 Å². The van der Waals surface area contributed by atoms with Crippen molar-refractivity contribution in [2.45, 2.75) is 13.3 Å². The normalized spacial score (nSPS) is 9.43. The number of benzene rings is 1. The molecule has 2 rings (SSSR count). The van der Waals surface area contributed by atoms with Gasteiger partial charge in [-0.2, -0.15) is 0 Å². The van der Waals surface area contributed by atoms with Gasteiger partial charge in [-0.1, -0.05) is 29.8 Å². The van der Waals surface area contributed by atoms with Crippen molar-refractivity contribution in [3.05, 3.63) is 58.9 Å². The Bertz CT molecular complexity index is 628. The molecule has 6 nitrogen and oxygen atoms in total. The predicted molar refractivity (Wildman–Crippen MR) is 76.0 cm³/mol. The molecule has 0 spiro atoms. The Morgan fingerprint density at radius 3 is 2.14 bits per heavy atom. The summed E-state index contributed by atoms with van der Waals surface area (Å²) in [4.78, 5) is 22.9. The molecular formula is C15H18NO5-. The van der Waals surface area contributed by atoms with Crippen LogP contribution in [0.1, 0.15) is 27.3 Å². The molecule has 21 heavy (non-hydrogen) atoms. The molecule has 1 heterocycles. The van der Waals surface area contributed by atoms with Gasteiger partial charge >= 0.3 is 0 Å². The highest BCUT2D eigenvalue weighted by Gasteiger charge is 2.14. The lowest BCUT2D eigenvalue weighted by molar-refractivity contribution is -0.304. The number of nitrogens with zero attached hydrogens (tertiary/aromatic N) is 1. The van der Waals surface area contributed by atoms with Crippen molar-refractivity contribution in [3.8, 4) is 0 Å². The second-order valence-corrected chi connectivity index (χ2v) is 4.51. The Kier molecular flexibility index (Phi) is 6.51. The standard InChI is InChI=1S/C15H15NO3.2H2O/c1-10-3-5-11(6-4-10)15(19)13-8-7-12(16(13)2)9-14(17)18;;/h3-8H,9H2,1-2H3,(H,17,18);2*1H2/p-1. The lowest BCUT2D eigenvalue weighted by atomic mass is 10.1. The van der Waals surface area contributed by atoms with Crippen LogP contribution in [0.2, 0.25) is 0 Å². The van der Waals surface area contributed by atoms with Crippen molar-refractivity contribution in [1.82, 2.24) is 4.57 Å². The first kappa shape index (κ1) is 18.6. The number of carboxylic acids is 1. The van der Waals surface area contributed by atoms with E-state index in [0.717, 1.165) is 5.56 Å². The highest BCUT2D eigenvalue weighted by Crippen LogP contribution is 2.14. The maximum Gasteiger partial charge on any atom is 0.209 e. The monoisotopic (exact) mass is 292 g/mol. The Morgan fingerprint density at radius 2 is 1.62 bits per heavy atom. The fourth-order valence-electron chi connectivity index (χ4n) is 1.96. The minimum atomic E-state index is -1.16. The molecule has 0 aliphatic rings. The van der Waals surface area contributed by atoms with E-state index in [9.17, 15) is 14.7 Å². The van der Waals surface area contributed by atoms with E-state index in [1.807, 2.05) is 19.1 Å². The highest BCUT2D eigenvalue weighted by atomic mass is 16.4. The topological polar surface area (TPSA) is 125 Å². The zero-order valence-electron chi connectivity index (χ0n) is 11.8. The second kappa shape index (κ2) is 7.37. The molecule has 114 valence electrons. The van der Waals surface area contributed by atoms with Gasteiger partial charge in [-0.3, -0.25) is 4.79 Å². The molecule has 0 amide bonds. The third-order valence-electron chi connectivity index (χ3n) is 3.10. The third-order valence-corrected chi connectivity index (χ3v) is 3.10. The van der Waals surface area contributed by atoms with Crippen LogP contribution >= 0.6 is 0 Å². The molecule has 0 atom stereocenters. The number of rotatable bonds is 4. The van der Waals surface area contributed by atoms with Crippen LogP contribution in [-0.4, -0.2) is 27.3 Å². The van der Waals surface area contributed by atoms with E-state index >= 15 is 0 Å². The largest absolute Gasteiger partial charge is 0.550 e. The van der Waals surface area contributed by atoms with E-state index in [2.05, 4.69) is 0 Å². The summed E-state index contributed by atoms with van der Waals surface area (Å²) in [6, 6.07) is 10.6. The number of carbonyl (C=O) groups excluding carboxylic acids is 2. The average Bonchev–Trinajstić information content (AvgIpc) is 2.70. The molecule has 0 saturated carbocycles. The van der Waals surface area contributed by atoms with E-state index in [4.69, 9.17) is 0 Å². The Morgan fingerprint density at radius 1 is 1.05 bits per heavy atom. The van der Waals surface area contributed by atoms with Gasteiger partial charge in [0.2, 0.25) is 5.78 Å². The number of aromatic nitrogens is 1. The molecule has 0 radical (unpaired) electrons. The molecule has 2 aromatic rings. The molecule has 0 fully saturated rings. The van der Waals surface area contributed by atoms with Crippen LogP contribution < -0.4 is 5.11 Å². The molecule has 0 saturated heterocycles. The van der Waals surface area contributed by atoms with Gasteiger partial charge in [0.1, 0.15) is 0 Å². The van der Waals surface area contributed by atoms with Crippen LogP contribution in [0.5, 0.6) is 0 Å². The first-order valence-corrected chi connectivity index (χ1v) is 5.95. The summed E-state index contributed by atoms with van der Waals surface area (Å²) < 4.78 is 1.60. The summed E-state index contributed by atoms with van der Waals surface area (Å²) in [5.41, 5.74) is 2.70. The van der Waals surface area contributed by atoms with Crippen LogP contribution in [0.25, 0.3) is 0 Å². The number of ketones is 1. The quantitative estimate of drug-likeness (QED) is 0.685. The van der Waals surface area contributed by atoms with Crippen LogP contribution in [-0.2, 0) is 18.3 Å². The van der Waals surface area contributed by atoms with E-state index in [0.29, 0.717) is 17.0 Å². The van der Waals surface area contributed by atoms with Gasteiger partial charge in [0.05, 0.1) is 5.69 Å². The summed E-state index contributed by atoms with van der Waals surface area (Å²) in [5.74, 6) is -1.28. The van der Waals surface area contributed by atoms with Gasteiger partial charge in [-0.05, 0) is 19.1 Å². The SMILES string of the molecule is Cc1ccc(C(=O)c2ccc(CC(=O)[O-])n2C)cc1.O.O. The summed E-state index contributed by atoms with van der Waals surface area (Å²) in [6.45, 7) is 1.95. The third kappa shape index (κ3) is 4.01. The zero-order valence-corrected chi connectivity index (χ0v) is 11.8. The first-order valence-electron chi connectivity index (χ1n) is 5.95. The zero-order chi connectivity index (χ0) is 14.0. The number of hydrogen-bond acceptors (Lipinski definition) is 3. The number of aryl methyl sites for hydroxylation is 1. The summed E-state index contributed by atoms with van der Waals surface area (Å²) >= 11 is 0. The van der Waals surface area contributed by atoms with Gasteiger partial charge < -0.3 is 25.4 Å². The average molecular weight is 292 g/mol. The maximum absolute atomic E-state index is 12.3. The van der Waals surface area contributed by atoms with Gasteiger partial charge in [0, 0.05) is 30.7 Å².